The van der Waals surface area contributed by atoms with Crippen molar-refractivity contribution in [1.29, 1.82) is 0 Å². The number of nitrogens with zero attached hydrogens (tertiary/aromatic N) is 4. The minimum atomic E-state index is -3.55. The fourth-order valence-corrected chi connectivity index (χ4v) is 4.93. The highest BCUT2D eigenvalue weighted by molar-refractivity contribution is 7.89. The summed E-state index contributed by atoms with van der Waals surface area (Å²) in [7, 11) is -0.548. The third-order valence-electron chi connectivity index (χ3n) is 5.94. The summed E-state index contributed by atoms with van der Waals surface area (Å²) in [6.07, 6.45) is 2.45. The van der Waals surface area contributed by atoms with E-state index in [0.29, 0.717) is 24.3 Å². The summed E-state index contributed by atoms with van der Waals surface area (Å²) < 4.78 is 28.2. The van der Waals surface area contributed by atoms with Crippen molar-refractivity contribution in [2.75, 3.05) is 14.1 Å². The molecule has 1 unspecified atom stereocenters. The van der Waals surface area contributed by atoms with Gasteiger partial charge in [0.15, 0.2) is 0 Å². The largest absolute Gasteiger partial charge is 0.346 e. The van der Waals surface area contributed by atoms with Crippen molar-refractivity contribution in [1.82, 2.24) is 29.1 Å². The van der Waals surface area contributed by atoms with Crippen LogP contribution in [-0.4, -0.2) is 52.2 Å². The third-order valence-corrected chi connectivity index (χ3v) is 7.75. The van der Waals surface area contributed by atoms with Gasteiger partial charge in [0, 0.05) is 33.5 Å². The number of hydrogen-bond donors (Lipinski definition) is 2. The lowest BCUT2D eigenvalue weighted by atomic mass is 10.2. The number of nitrogens with one attached hydrogen (secondary N) is 2. The smallest absolute Gasteiger partial charge is 0.242 e. The highest BCUT2D eigenvalue weighted by Gasteiger charge is 2.20. The topological polar surface area (TPSA) is 113 Å². The van der Waals surface area contributed by atoms with Crippen LogP contribution in [0.25, 0.3) is 22.3 Å². The Morgan fingerprint density at radius 2 is 1.91 bits per heavy atom. The molecule has 0 aliphatic rings. The van der Waals surface area contributed by atoms with Gasteiger partial charge in [-0.25, -0.2) is 22.7 Å². The molecule has 4 rings (SSSR count). The molecule has 0 aliphatic carbocycles. The molecule has 2 N–H and O–H groups in total. The van der Waals surface area contributed by atoms with Crippen molar-refractivity contribution < 1.29 is 13.2 Å². The molecule has 0 radical (unpaired) electrons. The van der Waals surface area contributed by atoms with E-state index in [4.69, 9.17) is 0 Å². The van der Waals surface area contributed by atoms with Gasteiger partial charge >= 0.3 is 0 Å². The quantitative estimate of drug-likeness (QED) is 0.370. The van der Waals surface area contributed by atoms with E-state index in [9.17, 15) is 13.2 Å². The Morgan fingerprint density at radius 1 is 1.17 bits per heavy atom. The van der Waals surface area contributed by atoms with Crippen LogP contribution in [0.5, 0.6) is 0 Å². The maximum atomic E-state index is 12.7. The van der Waals surface area contributed by atoms with E-state index in [0.717, 1.165) is 22.6 Å². The molecule has 9 nitrogen and oxygen atoms in total. The second-order valence-corrected chi connectivity index (χ2v) is 10.7. The molecule has 1 atom stereocenters. The van der Waals surface area contributed by atoms with E-state index < -0.39 is 10.0 Å². The molecule has 0 aliphatic heterocycles. The number of H-pyrrole nitrogens is 1. The molecule has 2 aromatic carbocycles. The monoisotopic (exact) mass is 494 g/mol. The van der Waals surface area contributed by atoms with Gasteiger partial charge in [-0.1, -0.05) is 30.3 Å². The third kappa shape index (κ3) is 5.13. The molecular formula is C25H30N6O3S. The van der Waals surface area contributed by atoms with Crippen molar-refractivity contribution in [3.05, 3.63) is 66.4 Å². The zero-order valence-electron chi connectivity index (χ0n) is 20.3. The Labute approximate surface area is 205 Å². The van der Waals surface area contributed by atoms with E-state index in [1.165, 1.54) is 18.4 Å². The molecule has 184 valence electrons. The zero-order chi connectivity index (χ0) is 25.2. The molecule has 35 heavy (non-hydrogen) atoms. The first kappa shape index (κ1) is 24.6. The van der Waals surface area contributed by atoms with Gasteiger partial charge in [-0.3, -0.25) is 4.79 Å². The number of carbonyl (C=O) groups is 1. The predicted molar refractivity (Wildman–Crippen MR) is 135 cm³/mol. The minimum Gasteiger partial charge on any atom is -0.346 e. The van der Waals surface area contributed by atoms with Gasteiger partial charge in [-0.05, 0) is 37.6 Å². The zero-order valence-corrected chi connectivity index (χ0v) is 21.1. The number of benzene rings is 2. The van der Waals surface area contributed by atoms with Crippen molar-refractivity contribution in [3.8, 4) is 11.3 Å². The molecule has 0 spiro atoms. The van der Waals surface area contributed by atoms with E-state index in [1.807, 2.05) is 48.7 Å². The average molecular weight is 495 g/mol. The molecule has 4 aromatic rings. The first-order valence-electron chi connectivity index (χ1n) is 11.5. The van der Waals surface area contributed by atoms with Gasteiger partial charge in [0.25, 0.3) is 0 Å². The van der Waals surface area contributed by atoms with Crippen LogP contribution in [0.3, 0.4) is 0 Å². The number of aromatic nitrogens is 4. The van der Waals surface area contributed by atoms with E-state index in [-0.39, 0.29) is 23.3 Å². The first-order valence-corrected chi connectivity index (χ1v) is 13.0. The number of imidazole rings is 2. The lowest BCUT2D eigenvalue weighted by molar-refractivity contribution is -0.121. The maximum Gasteiger partial charge on any atom is 0.242 e. The molecule has 2 aromatic heterocycles. The van der Waals surface area contributed by atoms with Crippen LogP contribution in [0.15, 0.2) is 59.6 Å². The summed E-state index contributed by atoms with van der Waals surface area (Å²) in [6, 6.07) is 14.6. The first-order chi connectivity index (χ1) is 16.7. The van der Waals surface area contributed by atoms with Gasteiger partial charge in [-0.2, -0.15) is 0 Å². The summed E-state index contributed by atoms with van der Waals surface area (Å²) in [5.41, 5.74) is 3.37. The Morgan fingerprint density at radius 3 is 2.60 bits per heavy atom. The summed E-state index contributed by atoms with van der Waals surface area (Å²) in [4.78, 5) is 25.2. The van der Waals surface area contributed by atoms with Gasteiger partial charge in [0.2, 0.25) is 15.9 Å². The number of aromatic amines is 1. The Kier molecular flexibility index (Phi) is 7.04. The predicted octanol–water partition coefficient (Wildman–Crippen LogP) is 3.51. The maximum absolute atomic E-state index is 12.7. The lowest BCUT2D eigenvalue weighted by Crippen LogP contribution is -2.27. The molecule has 0 bridgehead atoms. The number of rotatable bonds is 9. The van der Waals surface area contributed by atoms with Crippen molar-refractivity contribution in [2.45, 2.75) is 44.2 Å². The van der Waals surface area contributed by atoms with Crippen molar-refractivity contribution in [3.63, 3.8) is 0 Å². The van der Waals surface area contributed by atoms with Crippen LogP contribution >= 0.6 is 0 Å². The van der Waals surface area contributed by atoms with Crippen molar-refractivity contribution >= 4 is 27.0 Å². The summed E-state index contributed by atoms with van der Waals surface area (Å²) in [5.74, 6) is 1.32. The van der Waals surface area contributed by atoms with E-state index >= 15 is 0 Å². The van der Waals surface area contributed by atoms with Gasteiger partial charge in [0.1, 0.15) is 11.6 Å². The fraction of sp³-hybridized carbons (Fsp3) is 0.320. The Hall–Kier alpha value is -3.50. The van der Waals surface area contributed by atoms with Crippen LogP contribution in [-0.2, 0) is 27.8 Å². The lowest BCUT2D eigenvalue weighted by Gasteiger charge is -2.12. The number of aryl methyl sites for hydroxylation is 2. The number of hydrogen-bond acceptors (Lipinski definition) is 5. The Bertz CT molecular complexity index is 1440. The summed E-state index contributed by atoms with van der Waals surface area (Å²) >= 11 is 0. The molecule has 0 saturated carbocycles. The molecule has 2 heterocycles. The van der Waals surface area contributed by atoms with Crippen LogP contribution in [0, 0.1) is 0 Å². The van der Waals surface area contributed by atoms with Crippen LogP contribution in [0.1, 0.15) is 38.0 Å². The fourth-order valence-electron chi connectivity index (χ4n) is 4.00. The number of amides is 1. The van der Waals surface area contributed by atoms with Gasteiger partial charge < -0.3 is 14.9 Å². The van der Waals surface area contributed by atoms with E-state index in [2.05, 4.69) is 20.3 Å². The van der Waals surface area contributed by atoms with Crippen LogP contribution < -0.4 is 5.32 Å². The SMILES string of the molecule is CCn1c(CCC(=O)NC(C)c2ncc(-c3ccccc3)[nH]2)nc2cc(S(=O)(=O)N(C)C)ccc21. The highest BCUT2D eigenvalue weighted by atomic mass is 32.2. The number of carbonyl (C=O) groups excluding carboxylic acids is 1. The highest BCUT2D eigenvalue weighted by Crippen LogP contribution is 2.23. The molecule has 1 amide bonds. The Balaban J connectivity index is 1.44. The van der Waals surface area contributed by atoms with Gasteiger partial charge in [0.05, 0.1) is 33.9 Å². The molecule has 10 heteroatoms. The van der Waals surface area contributed by atoms with Gasteiger partial charge in [-0.15, -0.1) is 0 Å². The normalized spacial score (nSPS) is 12.8. The minimum absolute atomic E-state index is 0.110. The second kappa shape index (κ2) is 10.0. The second-order valence-electron chi connectivity index (χ2n) is 8.55. The van der Waals surface area contributed by atoms with Crippen LogP contribution in [0.2, 0.25) is 0 Å². The standard InChI is InChI=1S/C25H30N6O3S/c1-5-31-22-12-11-19(35(33,34)30(3)4)15-20(22)28-23(31)13-14-24(32)27-17(2)25-26-16-21(29-25)18-9-7-6-8-10-18/h6-12,15-17H,5,13-14H2,1-4H3,(H,26,29)(H,27,32). The molecule has 0 saturated heterocycles. The van der Waals surface area contributed by atoms with Crippen molar-refractivity contribution in [2.24, 2.45) is 0 Å². The molecular weight excluding hydrogens is 464 g/mol. The summed E-state index contributed by atoms with van der Waals surface area (Å²) in [6.45, 7) is 4.55. The van der Waals surface area contributed by atoms with Crippen LogP contribution in [0.4, 0.5) is 0 Å². The summed E-state index contributed by atoms with van der Waals surface area (Å²) in [5, 5.41) is 2.99. The average Bonchev–Trinajstić information content (AvgIpc) is 3.47. The number of sulfonamides is 1. The van der Waals surface area contributed by atoms with E-state index in [1.54, 1.807) is 24.4 Å². The number of fused-ring (bicyclic) bond motifs is 1. The molecule has 0 fully saturated rings.